The van der Waals surface area contributed by atoms with Gasteiger partial charge < -0.3 is 4.74 Å². The minimum atomic E-state index is -0.903. The SMILES string of the molecule is [2H]COCC[Si](C)(C)C. The van der Waals surface area contributed by atoms with Crippen molar-refractivity contribution in [1.82, 2.24) is 0 Å². The van der Waals surface area contributed by atoms with Crippen molar-refractivity contribution >= 4 is 8.07 Å². The second-order valence-corrected chi connectivity index (χ2v) is 8.84. The maximum Gasteiger partial charge on any atom is 0.0530 e. The minimum absolute atomic E-state index is 0.116. The van der Waals surface area contributed by atoms with E-state index >= 15 is 0 Å². The Bertz CT molecular complexity index is 69.9. The van der Waals surface area contributed by atoms with Crippen molar-refractivity contribution in [2.45, 2.75) is 25.7 Å². The lowest BCUT2D eigenvalue weighted by atomic mass is 10.9. The third kappa shape index (κ3) is 6.18. The number of rotatable bonds is 3. The van der Waals surface area contributed by atoms with Crippen LogP contribution in [0.3, 0.4) is 0 Å². The summed E-state index contributed by atoms with van der Waals surface area (Å²) in [5.74, 6) is 0. The van der Waals surface area contributed by atoms with Crippen LogP contribution in [-0.2, 0) is 4.74 Å². The van der Waals surface area contributed by atoms with Crippen LogP contribution in [0.4, 0.5) is 0 Å². The predicted octanol–water partition coefficient (Wildman–Crippen LogP) is 1.97. The lowest BCUT2D eigenvalue weighted by molar-refractivity contribution is 0.214. The fraction of sp³-hybridized carbons (Fsp3) is 1.00. The molecule has 0 heterocycles. The van der Waals surface area contributed by atoms with Gasteiger partial charge in [-0.2, -0.15) is 0 Å². The molecule has 0 saturated heterocycles. The highest BCUT2D eigenvalue weighted by Crippen LogP contribution is 2.06. The molecule has 0 aliphatic carbocycles. The highest BCUT2D eigenvalue weighted by atomic mass is 28.3. The molecule has 0 aromatic rings. The van der Waals surface area contributed by atoms with E-state index in [1.165, 1.54) is 6.04 Å². The van der Waals surface area contributed by atoms with Crippen LogP contribution < -0.4 is 0 Å². The van der Waals surface area contributed by atoms with Gasteiger partial charge in [-0.3, -0.25) is 0 Å². The third-order valence-corrected chi connectivity index (χ3v) is 2.70. The van der Waals surface area contributed by atoms with E-state index in [4.69, 9.17) is 6.11 Å². The van der Waals surface area contributed by atoms with Gasteiger partial charge in [-0.05, 0) is 6.04 Å². The fourth-order valence-electron chi connectivity index (χ4n) is 0.378. The van der Waals surface area contributed by atoms with Crippen LogP contribution in [0.1, 0.15) is 1.37 Å². The molecule has 0 aromatic heterocycles. The molecule has 0 N–H and O–H groups in total. The molecule has 0 aliphatic rings. The topological polar surface area (TPSA) is 9.23 Å². The Morgan fingerprint density at radius 3 is 2.50 bits per heavy atom. The molecule has 50 valence electrons. The van der Waals surface area contributed by atoms with E-state index in [1.807, 2.05) is 0 Å². The van der Waals surface area contributed by atoms with Gasteiger partial charge in [-0.1, -0.05) is 19.6 Å². The predicted molar refractivity (Wildman–Crippen MR) is 40.0 cm³/mol. The summed E-state index contributed by atoms with van der Waals surface area (Å²) in [7, 11) is -0.787. The highest BCUT2D eigenvalue weighted by molar-refractivity contribution is 6.76. The quantitative estimate of drug-likeness (QED) is 0.422. The molecule has 1 nitrogen and oxygen atoms in total. The standard InChI is InChI=1S/C6H16OSi/c1-7-5-6-8(2,3)4/h5-6H2,1-4H3/i1D. The second-order valence-electron chi connectivity index (χ2n) is 3.22. The first-order valence-corrected chi connectivity index (χ1v) is 6.64. The molecular weight excluding hydrogens is 116 g/mol. The molecular formula is C6H16OSi. The Hall–Kier alpha value is 0.177. The van der Waals surface area contributed by atoms with E-state index in [1.54, 1.807) is 0 Å². The van der Waals surface area contributed by atoms with Gasteiger partial charge in [-0.15, -0.1) is 0 Å². The minimum Gasteiger partial charge on any atom is -0.385 e. The number of hydrogen-bond donors (Lipinski definition) is 0. The van der Waals surface area contributed by atoms with Crippen molar-refractivity contribution in [3.8, 4) is 0 Å². The first kappa shape index (κ1) is 6.30. The largest absolute Gasteiger partial charge is 0.385 e. The first-order valence-electron chi connectivity index (χ1n) is 3.64. The summed E-state index contributed by atoms with van der Waals surface area (Å²) in [5.41, 5.74) is 0. The van der Waals surface area contributed by atoms with Gasteiger partial charge in [0.1, 0.15) is 0 Å². The maximum absolute atomic E-state index is 6.70. The van der Waals surface area contributed by atoms with Crippen LogP contribution in [0.15, 0.2) is 0 Å². The molecule has 0 amide bonds. The average molecular weight is 133 g/mol. The lowest BCUT2D eigenvalue weighted by Crippen LogP contribution is -2.21. The van der Waals surface area contributed by atoms with Gasteiger partial charge in [-0.25, -0.2) is 0 Å². The van der Waals surface area contributed by atoms with E-state index in [-0.39, 0.29) is 7.09 Å². The van der Waals surface area contributed by atoms with Gasteiger partial charge in [0.25, 0.3) is 0 Å². The fourth-order valence-corrected chi connectivity index (χ4v) is 1.14. The van der Waals surface area contributed by atoms with Crippen LogP contribution in [0.25, 0.3) is 0 Å². The van der Waals surface area contributed by atoms with Gasteiger partial charge in [0.2, 0.25) is 0 Å². The Balaban J connectivity index is 3.07. The summed E-state index contributed by atoms with van der Waals surface area (Å²) in [6.45, 7) is 7.69. The van der Waals surface area contributed by atoms with Crippen molar-refractivity contribution < 1.29 is 6.11 Å². The van der Waals surface area contributed by atoms with Crippen molar-refractivity contribution in [3.05, 3.63) is 0 Å². The van der Waals surface area contributed by atoms with Crippen LogP contribution in [0, 0.1) is 0 Å². The summed E-state index contributed by atoms with van der Waals surface area (Å²) >= 11 is 0. The molecule has 0 radical (unpaired) electrons. The van der Waals surface area contributed by atoms with E-state index in [0.717, 1.165) is 6.61 Å². The Labute approximate surface area is 54.5 Å². The Morgan fingerprint density at radius 2 is 2.12 bits per heavy atom. The smallest absolute Gasteiger partial charge is 0.0530 e. The summed E-state index contributed by atoms with van der Waals surface area (Å²) in [6, 6.07) is 1.17. The molecule has 2 heteroatoms. The molecule has 0 atom stereocenters. The molecule has 0 aromatic carbocycles. The third-order valence-electron chi connectivity index (χ3n) is 0.996. The second kappa shape index (κ2) is 3.25. The zero-order chi connectivity index (χ0) is 7.33. The summed E-state index contributed by atoms with van der Waals surface area (Å²) in [5, 5.41) is 0. The van der Waals surface area contributed by atoms with Crippen LogP contribution in [-0.4, -0.2) is 21.8 Å². The lowest BCUT2D eigenvalue weighted by Gasteiger charge is -2.13. The molecule has 8 heavy (non-hydrogen) atoms. The van der Waals surface area contributed by atoms with Crippen LogP contribution in [0.2, 0.25) is 25.7 Å². The van der Waals surface area contributed by atoms with Crippen LogP contribution >= 0.6 is 0 Å². The van der Waals surface area contributed by atoms with E-state index < -0.39 is 8.07 Å². The molecule has 0 saturated carbocycles. The molecule has 0 aliphatic heterocycles. The van der Waals surface area contributed by atoms with E-state index in [0.29, 0.717) is 0 Å². The zero-order valence-electron chi connectivity index (χ0n) is 7.03. The maximum atomic E-state index is 6.70. The average Bonchev–Trinajstić information content (AvgIpc) is 1.63. The molecule has 0 unspecified atom stereocenters. The first-order chi connectivity index (χ1) is 4.06. The van der Waals surface area contributed by atoms with Gasteiger partial charge >= 0.3 is 0 Å². The zero-order valence-corrected chi connectivity index (χ0v) is 7.03. The van der Waals surface area contributed by atoms with E-state index in [9.17, 15) is 0 Å². The van der Waals surface area contributed by atoms with E-state index in [2.05, 4.69) is 19.6 Å². The number of hydrogen-bond acceptors (Lipinski definition) is 1. The summed E-state index contributed by atoms with van der Waals surface area (Å²) in [6.07, 6.45) is 0. The molecule has 0 fully saturated rings. The number of ether oxygens (including phenoxy) is 1. The van der Waals surface area contributed by atoms with Gasteiger partial charge in [0.05, 0.1) is 1.37 Å². The monoisotopic (exact) mass is 133 g/mol. The van der Waals surface area contributed by atoms with Crippen LogP contribution in [0.5, 0.6) is 0 Å². The van der Waals surface area contributed by atoms with Crippen molar-refractivity contribution in [2.24, 2.45) is 0 Å². The van der Waals surface area contributed by atoms with Crippen molar-refractivity contribution in [1.29, 1.82) is 0 Å². The molecule has 0 bridgehead atoms. The summed E-state index contributed by atoms with van der Waals surface area (Å²) < 4.78 is 11.6. The molecule has 0 rings (SSSR count). The Morgan fingerprint density at radius 1 is 1.50 bits per heavy atom. The molecule has 0 spiro atoms. The van der Waals surface area contributed by atoms with Crippen molar-refractivity contribution in [3.63, 3.8) is 0 Å². The Kier molecular flexibility index (Phi) is 2.56. The number of methoxy groups -OCH3 is 1. The van der Waals surface area contributed by atoms with Crippen molar-refractivity contribution in [2.75, 3.05) is 13.7 Å². The normalized spacial score (nSPS) is 13.6. The van der Waals surface area contributed by atoms with Gasteiger partial charge in [0.15, 0.2) is 0 Å². The van der Waals surface area contributed by atoms with Gasteiger partial charge in [0, 0.05) is 21.8 Å². The summed E-state index contributed by atoms with van der Waals surface area (Å²) in [4.78, 5) is 0. The highest BCUT2D eigenvalue weighted by Gasteiger charge is 2.10.